The molecule has 1 fully saturated rings. The predicted molar refractivity (Wildman–Crippen MR) is 108 cm³/mol. The summed E-state index contributed by atoms with van der Waals surface area (Å²) in [6.07, 6.45) is -4.46. The topological polar surface area (TPSA) is 76.4 Å². The van der Waals surface area contributed by atoms with Gasteiger partial charge in [-0.15, -0.1) is 5.10 Å². The van der Waals surface area contributed by atoms with Crippen LogP contribution in [0.3, 0.4) is 0 Å². The van der Waals surface area contributed by atoms with Gasteiger partial charge >= 0.3 is 6.18 Å². The van der Waals surface area contributed by atoms with Gasteiger partial charge in [-0.3, -0.25) is 9.69 Å². The van der Waals surface area contributed by atoms with Gasteiger partial charge in [-0.25, -0.2) is 0 Å². The van der Waals surface area contributed by atoms with Crippen LogP contribution in [-0.2, 0) is 17.5 Å². The number of rotatable bonds is 6. The van der Waals surface area contributed by atoms with Gasteiger partial charge < -0.3 is 9.64 Å². The van der Waals surface area contributed by atoms with Gasteiger partial charge in [0.1, 0.15) is 5.75 Å². The van der Waals surface area contributed by atoms with Gasteiger partial charge in [-0.1, -0.05) is 24.3 Å². The van der Waals surface area contributed by atoms with Crippen molar-refractivity contribution >= 4 is 5.91 Å². The standard InChI is InChI=1S/C21H21F3N6O2/c22-21(23,24)16-5-4-8-18(13-16)32-15-20(31)29-11-9-28(10-12-29)14-19-25-26-27-30(19)17-6-2-1-3-7-17/h1-8,13H,9-12,14-15H2. The molecule has 0 bridgehead atoms. The number of aromatic nitrogens is 4. The Morgan fingerprint density at radius 1 is 1.00 bits per heavy atom. The predicted octanol–water partition coefficient (Wildman–Crippen LogP) is 2.40. The van der Waals surface area contributed by atoms with Crippen LogP contribution in [0.25, 0.3) is 5.69 Å². The molecule has 11 heteroatoms. The van der Waals surface area contributed by atoms with E-state index in [2.05, 4.69) is 20.4 Å². The first-order valence-electron chi connectivity index (χ1n) is 10.0. The molecule has 0 radical (unpaired) electrons. The highest BCUT2D eigenvalue weighted by atomic mass is 19.4. The van der Waals surface area contributed by atoms with Gasteiger partial charge in [0, 0.05) is 26.2 Å². The lowest BCUT2D eigenvalue weighted by Crippen LogP contribution is -2.49. The van der Waals surface area contributed by atoms with Gasteiger partial charge in [0.15, 0.2) is 12.4 Å². The fraction of sp³-hybridized carbons (Fsp3) is 0.333. The van der Waals surface area contributed by atoms with E-state index in [1.54, 1.807) is 9.58 Å². The summed E-state index contributed by atoms with van der Waals surface area (Å²) in [5.41, 5.74) is 0.0574. The average Bonchev–Trinajstić information content (AvgIpc) is 3.26. The number of carbonyl (C=O) groups excluding carboxylic acids is 1. The Morgan fingerprint density at radius 2 is 1.75 bits per heavy atom. The molecule has 0 saturated carbocycles. The Hall–Kier alpha value is -3.47. The van der Waals surface area contributed by atoms with Crippen LogP contribution in [-0.4, -0.2) is 68.7 Å². The summed E-state index contributed by atoms with van der Waals surface area (Å²) in [6.45, 7) is 2.43. The molecule has 32 heavy (non-hydrogen) atoms. The SMILES string of the molecule is O=C(COc1cccc(C(F)(F)F)c1)N1CCN(Cc2nnnn2-c2ccccc2)CC1. The van der Waals surface area contributed by atoms with Gasteiger partial charge in [-0.05, 0) is 40.8 Å². The summed E-state index contributed by atoms with van der Waals surface area (Å²) in [5.74, 6) is 0.444. The highest BCUT2D eigenvalue weighted by molar-refractivity contribution is 5.77. The van der Waals surface area contributed by atoms with E-state index >= 15 is 0 Å². The van der Waals surface area contributed by atoms with Crippen molar-refractivity contribution in [3.8, 4) is 11.4 Å². The second kappa shape index (κ2) is 9.35. The highest BCUT2D eigenvalue weighted by Crippen LogP contribution is 2.31. The van der Waals surface area contributed by atoms with E-state index in [-0.39, 0.29) is 18.3 Å². The minimum absolute atomic E-state index is 0.0135. The summed E-state index contributed by atoms with van der Waals surface area (Å²) < 4.78 is 45.4. The van der Waals surface area contributed by atoms with Crippen molar-refractivity contribution in [3.05, 3.63) is 66.0 Å². The zero-order chi connectivity index (χ0) is 22.6. The molecule has 1 saturated heterocycles. The molecule has 1 aliphatic rings. The summed E-state index contributed by atoms with van der Waals surface area (Å²) >= 11 is 0. The Kier molecular flexibility index (Phi) is 6.35. The number of benzene rings is 2. The van der Waals surface area contributed by atoms with E-state index in [1.807, 2.05) is 30.3 Å². The van der Waals surface area contributed by atoms with E-state index in [1.165, 1.54) is 12.1 Å². The Balaban J connectivity index is 1.27. The van der Waals surface area contributed by atoms with Crippen molar-refractivity contribution in [2.24, 2.45) is 0 Å². The Bertz CT molecular complexity index is 1050. The number of nitrogens with zero attached hydrogens (tertiary/aromatic N) is 6. The van der Waals surface area contributed by atoms with Crippen molar-refractivity contribution < 1.29 is 22.7 Å². The number of tetrazole rings is 1. The summed E-state index contributed by atoms with van der Waals surface area (Å²) in [7, 11) is 0. The third kappa shape index (κ3) is 5.22. The smallest absolute Gasteiger partial charge is 0.416 e. The molecule has 0 atom stereocenters. The third-order valence-corrected chi connectivity index (χ3v) is 5.15. The second-order valence-corrected chi connectivity index (χ2v) is 7.31. The highest BCUT2D eigenvalue weighted by Gasteiger charge is 2.30. The van der Waals surface area contributed by atoms with Gasteiger partial charge in [0.2, 0.25) is 0 Å². The quantitative estimate of drug-likeness (QED) is 0.579. The normalized spacial score (nSPS) is 15.0. The van der Waals surface area contributed by atoms with E-state index in [9.17, 15) is 18.0 Å². The van der Waals surface area contributed by atoms with Crippen LogP contribution in [0.15, 0.2) is 54.6 Å². The number of carbonyl (C=O) groups is 1. The monoisotopic (exact) mass is 446 g/mol. The molecule has 0 N–H and O–H groups in total. The first-order chi connectivity index (χ1) is 15.4. The van der Waals surface area contributed by atoms with Crippen molar-refractivity contribution in [2.45, 2.75) is 12.7 Å². The molecule has 2 heterocycles. The number of alkyl halides is 3. The van der Waals surface area contributed by atoms with E-state index in [0.29, 0.717) is 38.5 Å². The molecule has 1 aliphatic heterocycles. The van der Waals surface area contributed by atoms with Gasteiger partial charge in [-0.2, -0.15) is 17.9 Å². The van der Waals surface area contributed by atoms with Crippen LogP contribution in [0.1, 0.15) is 11.4 Å². The molecule has 2 aromatic carbocycles. The lowest BCUT2D eigenvalue weighted by atomic mass is 10.2. The first-order valence-corrected chi connectivity index (χ1v) is 10.0. The number of ether oxygens (including phenoxy) is 1. The molecule has 0 aliphatic carbocycles. The molecule has 1 aromatic heterocycles. The summed E-state index contributed by atoms with van der Waals surface area (Å²) in [6, 6.07) is 14.1. The molecule has 168 valence electrons. The molecular weight excluding hydrogens is 425 g/mol. The van der Waals surface area contributed by atoms with E-state index < -0.39 is 11.7 Å². The Morgan fingerprint density at radius 3 is 2.47 bits per heavy atom. The maximum absolute atomic E-state index is 12.8. The first kappa shape index (κ1) is 21.8. The second-order valence-electron chi connectivity index (χ2n) is 7.31. The minimum Gasteiger partial charge on any atom is -0.484 e. The number of halogens is 3. The zero-order valence-electron chi connectivity index (χ0n) is 17.1. The minimum atomic E-state index is -4.46. The number of piperazine rings is 1. The van der Waals surface area contributed by atoms with E-state index in [4.69, 9.17) is 4.74 Å². The van der Waals surface area contributed by atoms with Crippen molar-refractivity contribution in [3.63, 3.8) is 0 Å². The van der Waals surface area contributed by atoms with Crippen LogP contribution in [0.5, 0.6) is 5.75 Å². The molecule has 0 spiro atoms. The van der Waals surface area contributed by atoms with Crippen LogP contribution >= 0.6 is 0 Å². The molecule has 0 unspecified atom stereocenters. The fourth-order valence-corrected chi connectivity index (χ4v) is 3.43. The zero-order valence-corrected chi connectivity index (χ0v) is 17.1. The lowest BCUT2D eigenvalue weighted by molar-refractivity contribution is -0.137. The van der Waals surface area contributed by atoms with Crippen LogP contribution in [0.4, 0.5) is 13.2 Å². The third-order valence-electron chi connectivity index (χ3n) is 5.15. The largest absolute Gasteiger partial charge is 0.484 e. The van der Waals surface area contributed by atoms with Crippen molar-refractivity contribution in [1.82, 2.24) is 30.0 Å². The molecular formula is C21H21F3N6O2. The Labute approximate surface area is 182 Å². The number of para-hydroxylation sites is 1. The van der Waals surface area contributed by atoms with Crippen LogP contribution < -0.4 is 4.74 Å². The van der Waals surface area contributed by atoms with Gasteiger partial charge in [0.05, 0.1) is 17.8 Å². The van der Waals surface area contributed by atoms with Gasteiger partial charge in [0.25, 0.3) is 5.91 Å². The van der Waals surface area contributed by atoms with Crippen LogP contribution in [0, 0.1) is 0 Å². The summed E-state index contributed by atoms with van der Waals surface area (Å²) in [5, 5.41) is 11.9. The van der Waals surface area contributed by atoms with E-state index in [0.717, 1.165) is 17.8 Å². The maximum Gasteiger partial charge on any atom is 0.416 e. The fourth-order valence-electron chi connectivity index (χ4n) is 3.43. The average molecular weight is 446 g/mol. The maximum atomic E-state index is 12.8. The molecule has 3 aromatic rings. The molecule has 4 rings (SSSR count). The number of amides is 1. The van der Waals surface area contributed by atoms with Crippen molar-refractivity contribution in [2.75, 3.05) is 32.8 Å². The number of hydrogen-bond donors (Lipinski definition) is 0. The summed E-state index contributed by atoms with van der Waals surface area (Å²) in [4.78, 5) is 16.2. The molecule has 8 nitrogen and oxygen atoms in total. The lowest BCUT2D eigenvalue weighted by Gasteiger charge is -2.34. The van der Waals surface area contributed by atoms with Crippen molar-refractivity contribution in [1.29, 1.82) is 0 Å². The molecule has 1 amide bonds. The number of hydrogen-bond acceptors (Lipinski definition) is 6. The van der Waals surface area contributed by atoms with Crippen LogP contribution in [0.2, 0.25) is 0 Å².